The SMILES string of the molecule is C/C(=N\NS(=O)(=O)c1ccc(C)cc1)c1cccc(NC(=O)c2ccc(Cl)cc2Cl)c1. The van der Waals surface area contributed by atoms with Gasteiger partial charge in [0.2, 0.25) is 0 Å². The first kappa shape index (κ1) is 22.8. The fourth-order valence-electron chi connectivity index (χ4n) is 2.66. The maximum atomic E-state index is 12.5. The van der Waals surface area contributed by atoms with Crippen LogP contribution >= 0.6 is 23.2 Å². The van der Waals surface area contributed by atoms with Crippen molar-refractivity contribution in [2.45, 2.75) is 18.7 Å². The van der Waals surface area contributed by atoms with Crippen molar-refractivity contribution in [3.63, 3.8) is 0 Å². The highest BCUT2D eigenvalue weighted by Gasteiger charge is 2.14. The number of hydrogen-bond acceptors (Lipinski definition) is 4. The van der Waals surface area contributed by atoms with E-state index in [1.807, 2.05) is 6.92 Å². The minimum absolute atomic E-state index is 0.121. The minimum Gasteiger partial charge on any atom is -0.322 e. The zero-order chi connectivity index (χ0) is 22.6. The van der Waals surface area contributed by atoms with Crippen molar-refractivity contribution in [2.24, 2.45) is 5.10 Å². The van der Waals surface area contributed by atoms with Gasteiger partial charge in [0.15, 0.2) is 0 Å². The lowest BCUT2D eigenvalue weighted by Crippen LogP contribution is -2.20. The van der Waals surface area contributed by atoms with Crippen molar-refractivity contribution in [2.75, 3.05) is 5.32 Å². The van der Waals surface area contributed by atoms with Crippen molar-refractivity contribution in [1.29, 1.82) is 0 Å². The molecule has 31 heavy (non-hydrogen) atoms. The lowest BCUT2D eigenvalue weighted by molar-refractivity contribution is 0.102. The highest BCUT2D eigenvalue weighted by atomic mass is 35.5. The second-order valence-corrected chi connectivity index (χ2v) is 9.27. The summed E-state index contributed by atoms with van der Waals surface area (Å²) < 4.78 is 24.8. The molecule has 1 amide bonds. The maximum Gasteiger partial charge on any atom is 0.276 e. The van der Waals surface area contributed by atoms with Crippen LogP contribution in [0, 0.1) is 6.92 Å². The van der Waals surface area contributed by atoms with Crippen LogP contribution in [0.1, 0.15) is 28.4 Å². The average Bonchev–Trinajstić information content (AvgIpc) is 2.72. The summed E-state index contributed by atoms with van der Waals surface area (Å²) in [4.78, 5) is 14.9. The number of benzene rings is 3. The van der Waals surface area contributed by atoms with E-state index < -0.39 is 15.9 Å². The van der Waals surface area contributed by atoms with Gasteiger partial charge in [0.25, 0.3) is 15.9 Å². The van der Waals surface area contributed by atoms with Gasteiger partial charge in [0.1, 0.15) is 0 Å². The van der Waals surface area contributed by atoms with Gasteiger partial charge in [-0.05, 0) is 61.9 Å². The molecule has 0 unspecified atom stereocenters. The first-order valence-corrected chi connectivity index (χ1v) is 11.4. The lowest BCUT2D eigenvalue weighted by Gasteiger charge is -2.09. The molecule has 0 radical (unpaired) electrons. The van der Waals surface area contributed by atoms with Crippen LogP contribution in [0.4, 0.5) is 5.69 Å². The van der Waals surface area contributed by atoms with Gasteiger partial charge >= 0.3 is 0 Å². The number of carbonyl (C=O) groups excluding carboxylic acids is 1. The van der Waals surface area contributed by atoms with E-state index in [-0.39, 0.29) is 15.5 Å². The molecule has 0 aromatic heterocycles. The minimum atomic E-state index is -3.79. The normalized spacial score (nSPS) is 11.8. The fraction of sp³-hybridized carbons (Fsp3) is 0.0909. The first-order chi connectivity index (χ1) is 14.7. The Morgan fingerprint density at radius 1 is 0.968 bits per heavy atom. The van der Waals surface area contributed by atoms with Crippen LogP contribution < -0.4 is 10.1 Å². The standard InChI is InChI=1S/C22H19Cl2N3O3S/c1-14-6-9-19(10-7-14)31(29,30)27-26-15(2)16-4-3-5-18(12-16)25-22(28)20-11-8-17(23)13-21(20)24/h3-13,27H,1-2H3,(H,25,28)/b26-15+. The Morgan fingerprint density at radius 3 is 2.35 bits per heavy atom. The summed E-state index contributed by atoms with van der Waals surface area (Å²) >= 11 is 12.0. The predicted molar refractivity (Wildman–Crippen MR) is 125 cm³/mol. The van der Waals surface area contributed by atoms with Crippen LogP contribution in [0.25, 0.3) is 0 Å². The Balaban J connectivity index is 1.75. The topological polar surface area (TPSA) is 87.6 Å². The molecular weight excluding hydrogens is 457 g/mol. The van der Waals surface area contributed by atoms with E-state index in [1.54, 1.807) is 49.4 Å². The Morgan fingerprint density at radius 2 is 1.68 bits per heavy atom. The second kappa shape index (κ2) is 9.51. The van der Waals surface area contributed by atoms with Gasteiger partial charge in [0, 0.05) is 10.7 Å². The molecular formula is C22H19Cl2N3O3S. The number of aryl methyl sites for hydroxylation is 1. The summed E-state index contributed by atoms with van der Waals surface area (Å²) in [6.45, 7) is 3.54. The summed E-state index contributed by atoms with van der Waals surface area (Å²) in [5, 5.41) is 7.43. The summed E-state index contributed by atoms with van der Waals surface area (Å²) in [7, 11) is -3.79. The van der Waals surface area contributed by atoms with E-state index in [2.05, 4.69) is 15.2 Å². The molecule has 3 aromatic rings. The van der Waals surface area contributed by atoms with Gasteiger partial charge in [-0.15, -0.1) is 0 Å². The third-order valence-corrected chi connectivity index (χ3v) is 6.15. The van der Waals surface area contributed by atoms with Crippen LogP contribution in [0.5, 0.6) is 0 Å². The van der Waals surface area contributed by atoms with Crippen molar-refractivity contribution in [3.05, 3.63) is 93.5 Å². The molecule has 0 bridgehead atoms. The van der Waals surface area contributed by atoms with Crippen LogP contribution in [0.2, 0.25) is 10.0 Å². The maximum absolute atomic E-state index is 12.5. The molecule has 0 fully saturated rings. The quantitative estimate of drug-likeness (QED) is 0.376. The third-order valence-electron chi connectivity index (χ3n) is 4.38. The van der Waals surface area contributed by atoms with E-state index >= 15 is 0 Å². The largest absolute Gasteiger partial charge is 0.322 e. The Labute approximate surface area is 190 Å². The molecule has 9 heteroatoms. The van der Waals surface area contributed by atoms with Gasteiger partial charge < -0.3 is 5.32 Å². The highest BCUT2D eigenvalue weighted by Crippen LogP contribution is 2.22. The van der Waals surface area contributed by atoms with Crippen LogP contribution in [-0.4, -0.2) is 20.0 Å². The predicted octanol–water partition coefficient (Wildman–Crippen LogP) is 5.26. The Kier molecular flexibility index (Phi) is 7.00. The van der Waals surface area contributed by atoms with Crippen molar-refractivity contribution < 1.29 is 13.2 Å². The van der Waals surface area contributed by atoms with Crippen molar-refractivity contribution in [3.8, 4) is 0 Å². The zero-order valence-electron chi connectivity index (χ0n) is 16.7. The van der Waals surface area contributed by atoms with Gasteiger partial charge in [-0.2, -0.15) is 18.4 Å². The van der Waals surface area contributed by atoms with Gasteiger partial charge in [-0.1, -0.05) is 53.0 Å². The van der Waals surface area contributed by atoms with Gasteiger partial charge in [-0.3, -0.25) is 4.79 Å². The monoisotopic (exact) mass is 475 g/mol. The molecule has 0 heterocycles. The molecule has 0 aliphatic carbocycles. The molecule has 0 spiro atoms. The summed E-state index contributed by atoms with van der Waals surface area (Å²) in [5.41, 5.74) is 2.80. The molecule has 0 aliphatic rings. The molecule has 2 N–H and O–H groups in total. The van der Waals surface area contributed by atoms with Gasteiger partial charge in [-0.25, -0.2) is 0 Å². The molecule has 0 saturated carbocycles. The van der Waals surface area contributed by atoms with E-state index in [1.165, 1.54) is 24.3 Å². The Bertz CT molecular complexity index is 1260. The average molecular weight is 476 g/mol. The number of carbonyl (C=O) groups is 1. The molecule has 3 rings (SSSR count). The smallest absolute Gasteiger partial charge is 0.276 e. The number of nitrogens with zero attached hydrogens (tertiary/aromatic N) is 1. The van der Waals surface area contributed by atoms with E-state index in [9.17, 15) is 13.2 Å². The van der Waals surface area contributed by atoms with Gasteiger partial charge in [0.05, 0.1) is 21.2 Å². The first-order valence-electron chi connectivity index (χ1n) is 9.15. The number of hydrogen-bond donors (Lipinski definition) is 2. The van der Waals surface area contributed by atoms with Crippen LogP contribution in [0.3, 0.4) is 0 Å². The molecule has 0 saturated heterocycles. The molecule has 160 valence electrons. The van der Waals surface area contributed by atoms with E-state index in [0.29, 0.717) is 22.0 Å². The van der Waals surface area contributed by atoms with Crippen molar-refractivity contribution in [1.82, 2.24) is 4.83 Å². The van der Waals surface area contributed by atoms with Crippen LogP contribution in [0.15, 0.2) is 76.7 Å². The number of nitrogens with one attached hydrogen (secondary N) is 2. The van der Waals surface area contributed by atoms with E-state index in [0.717, 1.165) is 5.56 Å². The third kappa shape index (κ3) is 5.85. The lowest BCUT2D eigenvalue weighted by atomic mass is 10.1. The summed E-state index contributed by atoms with van der Waals surface area (Å²) in [5.74, 6) is -0.395. The van der Waals surface area contributed by atoms with Crippen LogP contribution in [-0.2, 0) is 10.0 Å². The fourth-order valence-corrected chi connectivity index (χ4v) is 4.01. The molecule has 0 aliphatic heterocycles. The number of amides is 1. The molecule has 3 aromatic carbocycles. The number of hydrazone groups is 1. The second-order valence-electron chi connectivity index (χ2n) is 6.76. The zero-order valence-corrected chi connectivity index (χ0v) is 19.0. The molecule has 0 atom stereocenters. The van der Waals surface area contributed by atoms with E-state index in [4.69, 9.17) is 23.2 Å². The number of anilines is 1. The summed E-state index contributed by atoms with van der Waals surface area (Å²) in [6, 6.07) is 17.9. The highest BCUT2D eigenvalue weighted by molar-refractivity contribution is 7.89. The number of rotatable bonds is 6. The summed E-state index contributed by atoms with van der Waals surface area (Å²) in [6.07, 6.45) is 0. The molecule has 6 nitrogen and oxygen atoms in total. The number of halogens is 2. The number of sulfonamides is 1. The van der Waals surface area contributed by atoms with Crippen molar-refractivity contribution >= 4 is 50.5 Å². The Hall–Kier alpha value is -2.87.